The molecule has 1 aromatic rings. The number of anilines is 1. The van der Waals surface area contributed by atoms with Crippen molar-refractivity contribution in [1.29, 1.82) is 0 Å². The minimum absolute atomic E-state index is 0.150. The summed E-state index contributed by atoms with van der Waals surface area (Å²) < 4.78 is 0. The molecule has 6 nitrogen and oxygen atoms in total. The van der Waals surface area contributed by atoms with Gasteiger partial charge in [-0.05, 0) is 31.4 Å². The van der Waals surface area contributed by atoms with Crippen LogP contribution in [0.1, 0.15) is 32.1 Å². The van der Waals surface area contributed by atoms with Gasteiger partial charge in [-0.15, -0.1) is 0 Å². The normalized spacial score (nSPS) is 20.5. The van der Waals surface area contributed by atoms with E-state index in [1.54, 1.807) is 12.1 Å². The van der Waals surface area contributed by atoms with Crippen LogP contribution in [0.2, 0.25) is 0 Å². The molecule has 1 fully saturated rings. The first-order valence-corrected chi connectivity index (χ1v) is 7.91. The average molecular weight is 318 g/mol. The highest BCUT2D eigenvalue weighted by Crippen LogP contribution is 2.29. The fourth-order valence-corrected chi connectivity index (χ4v) is 2.84. The lowest BCUT2D eigenvalue weighted by Gasteiger charge is -2.25. The molecule has 2 amide bonds. The zero-order chi connectivity index (χ0) is 16.7. The Hall–Kier alpha value is -2.37. The van der Waals surface area contributed by atoms with E-state index in [1.165, 1.54) is 0 Å². The van der Waals surface area contributed by atoms with Crippen molar-refractivity contribution < 1.29 is 19.5 Å². The van der Waals surface area contributed by atoms with Crippen molar-refractivity contribution in [2.75, 3.05) is 11.9 Å². The van der Waals surface area contributed by atoms with Crippen molar-refractivity contribution in [3.8, 4) is 0 Å². The molecule has 124 valence electrons. The maximum Gasteiger partial charge on any atom is 0.306 e. The molecular weight excluding hydrogens is 296 g/mol. The lowest BCUT2D eigenvalue weighted by molar-refractivity contribution is -0.144. The van der Waals surface area contributed by atoms with Crippen LogP contribution >= 0.6 is 0 Å². The number of hydrogen-bond donors (Lipinski definition) is 3. The molecule has 1 saturated carbocycles. The van der Waals surface area contributed by atoms with Gasteiger partial charge < -0.3 is 15.7 Å². The molecule has 3 N–H and O–H groups in total. The van der Waals surface area contributed by atoms with E-state index in [4.69, 9.17) is 5.11 Å². The van der Waals surface area contributed by atoms with Crippen molar-refractivity contribution in [2.24, 2.45) is 11.8 Å². The standard InChI is InChI=1S/C17H22N2O4/c20-15(19-14-7-2-1-3-8-14)9-10-18-16(21)12-5-4-6-13(11-12)17(22)23/h1-3,7-8,12-13H,4-6,9-11H2,(H,18,21)(H,19,20)(H,22,23). The Morgan fingerprint density at radius 2 is 1.78 bits per heavy atom. The summed E-state index contributed by atoms with van der Waals surface area (Å²) in [4.78, 5) is 34.9. The third kappa shape index (κ3) is 5.39. The van der Waals surface area contributed by atoms with E-state index in [-0.39, 0.29) is 30.7 Å². The van der Waals surface area contributed by atoms with E-state index >= 15 is 0 Å². The molecule has 0 heterocycles. The highest BCUT2D eigenvalue weighted by atomic mass is 16.4. The van der Waals surface area contributed by atoms with E-state index < -0.39 is 11.9 Å². The van der Waals surface area contributed by atoms with Gasteiger partial charge in [-0.1, -0.05) is 24.6 Å². The molecule has 0 bridgehead atoms. The van der Waals surface area contributed by atoms with E-state index in [1.807, 2.05) is 18.2 Å². The number of hydrogen-bond acceptors (Lipinski definition) is 3. The van der Waals surface area contributed by atoms with Gasteiger partial charge in [-0.2, -0.15) is 0 Å². The number of amides is 2. The molecule has 0 spiro atoms. The van der Waals surface area contributed by atoms with Gasteiger partial charge in [0.2, 0.25) is 11.8 Å². The number of carboxylic acid groups (broad SMARTS) is 1. The zero-order valence-electron chi connectivity index (χ0n) is 13.0. The average Bonchev–Trinajstić information content (AvgIpc) is 2.55. The molecule has 1 aliphatic rings. The summed E-state index contributed by atoms with van der Waals surface area (Å²) in [6, 6.07) is 9.12. The summed E-state index contributed by atoms with van der Waals surface area (Å²) in [5.41, 5.74) is 0.723. The SMILES string of the molecule is O=C(CCNC(=O)C1CCCC(C(=O)O)C1)Nc1ccccc1. The Bertz CT molecular complexity index is 559. The molecule has 1 aromatic carbocycles. The smallest absolute Gasteiger partial charge is 0.306 e. The number of carboxylic acids is 1. The van der Waals surface area contributed by atoms with Crippen LogP contribution in [0.3, 0.4) is 0 Å². The molecule has 2 rings (SSSR count). The maximum absolute atomic E-state index is 12.1. The van der Waals surface area contributed by atoms with Crippen molar-refractivity contribution >= 4 is 23.5 Å². The Balaban J connectivity index is 1.70. The quantitative estimate of drug-likeness (QED) is 0.748. The Morgan fingerprint density at radius 1 is 1.09 bits per heavy atom. The second-order valence-electron chi connectivity index (χ2n) is 5.85. The summed E-state index contributed by atoms with van der Waals surface area (Å²) in [7, 11) is 0. The molecule has 0 saturated heterocycles. The van der Waals surface area contributed by atoms with Gasteiger partial charge in [-0.3, -0.25) is 14.4 Å². The predicted octanol–water partition coefficient (Wildman–Crippen LogP) is 2.02. The molecular formula is C17H22N2O4. The topological polar surface area (TPSA) is 95.5 Å². The zero-order valence-corrected chi connectivity index (χ0v) is 13.0. The summed E-state index contributed by atoms with van der Waals surface area (Å²) in [6.07, 6.45) is 2.68. The van der Waals surface area contributed by atoms with Gasteiger partial charge in [0.1, 0.15) is 0 Å². The number of carbonyl (C=O) groups is 3. The number of aliphatic carboxylic acids is 1. The van der Waals surface area contributed by atoms with Crippen molar-refractivity contribution in [2.45, 2.75) is 32.1 Å². The van der Waals surface area contributed by atoms with Crippen LogP contribution in [0.4, 0.5) is 5.69 Å². The first kappa shape index (κ1) is 17.0. The van der Waals surface area contributed by atoms with Crippen LogP contribution in [0.5, 0.6) is 0 Å². The van der Waals surface area contributed by atoms with Crippen LogP contribution in [0.15, 0.2) is 30.3 Å². The van der Waals surface area contributed by atoms with Crippen LogP contribution in [-0.2, 0) is 14.4 Å². The van der Waals surface area contributed by atoms with Crippen molar-refractivity contribution in [3.63, 3.8) is 0 Å². The monoisotopic (exact) mass is 318 g/mol. The summed E-state index contributed by atoms with van der Waals surface area (Å²) in [6.45, 7) is 0.256. The van der Waals surface area contributed by atoms with Gasteiger partial charge in [0.15, 0.2) is 0 Å². The first-order chi connectivity index (χ1) is 11.1. The predicted molar refractivity (Wildman–Crippen MR) is 85.8 cm³/mol. The Labute approximate surface area is 135 Å². The fraction of sp³-hybridized carbons (Fsp3) is 0.471. The van der Waals surface area contributed by atoms with Gasteiger partial charge in [0.05, 0.1) is 5.92 Å². The molecule has 0 aromatic heterocycles. The van der Waals surface area contributed by atoms with E-state index in [9.17, 15) is 14.4 Å². The van der Waals surface area contributed by atoms with Crippen LogP contribution in [0, 0.1) is 11.8 Å². The molecule has 0 radical (unpaired) electrons. The molecule has 1 aliphatic carbocycles. The summed E-state index contributed by atoms with van der Waals surface area (Å²) >= 11 is 0. The van der Waals surface area contributed by atoms with E-state index in [2.05, 4.69) is 10.6 Å². The maximum atomic E-state index is 12.1. The number of para-hydroxylation sites is 1. The molecule has 23 heavy (non-hydrogen) atoms. The fourth-order valence-electron chi connectivity index (χ4n) is 2.84. The van der Waals surface area contributed by atoms with Crippen molar-refractivity contribution in [3.05, 3.63) is 30.3 Å². The molecule has 6 heteroatoms. The van der Waals surface area contributed by atoms with E-state index in [0.717, 1.165) is 12.1 Å². The minimum Gasteiger partial charge on any atom is -0.481 e. The summed E-state index contributed by atoms with van der Waals surface area (Å²) in [5.74, 6) is -1.83. The second kappa shape index (κ2) is 8.31. The number of carbonyl (C=O) groups excluding carboxylic acids is 2. The third-order valence-corrected chi connectivity index (χ3v) is 4.10. The Morgan fingerprint density at radius 3 is 2.48 bits per heavy atom. The summed E-state index contributed by atoms with van der Waals surface area (Å²) in [5, 5.41) is 14.5. The largest absolute Gasteiger partial charge is 0.481 e. The number of nitrogens with one attached hydrogen (secondary N) is 2. The Kier molecular flexibility index (Phi) is 6.14. The van der Waals surface area contributed by atoms with Crippen LogP contribution in [0.25, 0.3) is 0 Å². The van der Waals surface area contributed by atoms with Crippen molar-refractivity contribution in [1.82, 2.24) is 5.32 Å². The number of rotatable bonds is 6. The third-order valence-electron chi connectivity index (χ3n) is 4.10. The molecule has 2 atom stereocenters. The van der Waals surface area contributed by atoms with Crippen LogP contribution in [-0.4, -0.2) is 29.4 Å². The lowest BCUT2D eigenvalue weighted by Crippen LogP contribution is -2.36. The minimum atomic E-state index is -0.829. The van der Waals surface area contributed by atoms with Gasteiger partial charge >= 0.3 is 5.97 Å². The van der Waals surface area contributed by atoms with E-state index in [0.29, 0.717) is 19.3 Å². The molecule has 2 unspecified atom stereocenters. The molecule has 0 aliphatic heterocycles. The van der Waals surface area contributed by atoms with Gasteiger partial charge in [-0.25, -0.2) is 0 Å². The highest BCUT2D eigenvalue weighted by Gasteiger charge is 2.30. The van der Waals surface area contributed by atoms with Gasteiger partial charge in [0.25, 0.3) is 0 Å². The number of benzene rings is 1. The highest BCUT2D eigenvalue weighted by molar-refractivity contribution is 5.91. The van der Waals surface area contributed by atoms with Crippen LogP contribution < -0.4 is 10.6 Å². The first-order valence-electron chi connectivity index (χ1n) is 7.91. The lowest BCUT2D eigenvalue weighted by atomic mass is 9.81. The van der Waals surface area contributed by atoms with Gasteiger partial charge in [0, 0.05) is 24.6 Å². The second-order valence-corrected chi connectivity index (χ2v) is 5.85.